The van der Waals surface area contributed by atoms with Crippen LogP contribution in [-0.4, -0.2) is 26.0 Å². The molecule has 2 aromatic heterocycles. The third-order valence-electron chi connectivity index (χ3n) is 4.34. The van der Waals surface area contributed by atoms with Gasteiger partial charge in [-0.1, -0.05) is 20.8 Å². The lowest BCUT2D eigenvalue weighted by molar-refractivity contribution is -0.122. The molecule has 5 nitrogen and oxygen atoms in total. The molecule has 1 amide bonds. The average Bonchev–Trinajstić information content (AvgIpc) is 2.75. The van der Waals surface area contributed by atoms with Crippen molar-refractivity contribution in [1.29, 1.82) is 0 Å². The van der Waals surface area contributed by atoms with Crippen LogP contribution in [0.25, 0.3) is 5.65 Å². The highest BCUT2D eigenvalue weighted by atomic mass is 16.1. The fraction of sp³-hybridized carbons (Fsp3) is 0.650. The van der Waals surface area contributed by atoms with Crippen LogP contribution in [-0.2, 0) is 11.2 Å². The van der Waals surface area contributed by atoms with E-state index in [9.17, 15) is 4.79 Å². The number of nitrogens with zero attached hydrogens (tertiary/aromatic N) is 3. The van der Waals surface area contributed by atoms with Gasteiger partial charge in [0.25, 0.3) is 0 Å². The van der Waals surface area contributed by atoms with Gasteiger partial charge in [-0.15, -0.1) is 0 Å². The van der Waals surface area contributed by atoms with Crippen LogP contribution in [0.5, 0.6) is 0 Å². The lowest BCUT2D eigenvalue weighted by Gasteiger charge is -2.33. The molecule has 25 heavy (non-hydrogen) atoms. The molecule has 0 unspecified atom stereocenters. The number of amides is 1. The average molecular weight is 345 g/mol. The highest BCUT2D eigenvalue weighted by Gasteiger charge is 2.27. The molecule has 0 spiro atoms. The first kappa shape index (κ1) is 19.4. The van der Waals surface area contributed by atoms with E-state index in [1.165, 1.54) is 0 Å². The van der Waals surface area contributed by atoms with Gasteiger partial charge in [-0.3, -0.25) is 4.79 Å². The van der Waals surface area contributed by atoms with Crippen molar-refractivity contribution in [3.05, 3.63) is 28.7 Å². The van der Waals surface area contributed by atoms with E-state index in [4.69, 9.17) is 0 Å². The summed E-state index contributed by atoms with van der Waals surface area (Å²) in [5.41, 5.74) is 4.95. The van der Waals surface area contributed by atoms with Crippen LogP contribution in [0.1, 0.15) is 70.1 Å². The molecule has 0 aliphatic rings. The largest absolute Gasteiger partial charge is 0.351 e. The summed E-state index contributed by atoms with van der Waals surface area (Å²) in [5, 5.41) is 7.68. The molecular formula is C20H32N4O. The molecule has 0 saturated heterocycles. The molecule has 2 rings (SSSR count). The van der Waals surface area contributed by atoms with Crippen molar-refractivity contribution in [2.45, 2.75) is 80.2 Å². The highest BCUT2D eigenvalue weighted by molar-refractivity contribution is 5.77. The quantitative estimate of drug-likeness (QED) is 0.894. The van der Waals surface area contributed by atoms with Crippen LogP contribution in [0.15, 0.2) is 6.07 Å². The molecule has 0 fully saturated rings. The first-order chi connectivity index (χ1) is 11.4. The van der Waals surface area contributed by atoms with Crippen LogP contribution in [0.2, 0.25) is 0 Å². The summed E-state index contributed by atoms with van der Waals surface area (Å²) in [6, 6.07) is 1.98. The van der Waals surface area contributed by atoms with Gasteiger partial charge in [-0.05, 0) is 58.4 Å². The number of nitrogens with one attached hydrogen (secondary N) is 1. The minimum Gasteiger partial charge on any atom is -0.351 e. The Labute approximate surface area is 151 Å². The Balaban J connectivity index is 2.08. The van der Waals surface area contributed by atoms with Gasteiger partial charge < -0.3 is 5.32 Å². The summed E-state index contributed by atoms with van der Waals surface area (Å²) < 4.78 is 1.87. The van der Waals surface area contributed by atoms with E-state index in [0.29, 0.717) is 12.8 Å². The van der Waals surface area contributed by atoms with Gasteiger partial charge >= 0.3 is 0 Å². The summed E-state index contributed by atoms with van der Waals surface area (Å²) in [6.07, 6.45) is 2.07. The minimum atomic E-state index is -0.208. The zero-order chi connectivity index (χ0) is 19.0. The second kappa shape index (κ2) is 6.77. The van der Waals surface area contributed by atoms with E-state index in [0.717, 1.165) is 34.7 Å². The molecule has 2 aromatic rings. The normalized spacial score (nSPS) is 12.6. The number of carbonyl (C=O) groups is 1. The number of rotatable bonds is 5. The van der Waals surface area contributed by atoms with Gasteiger partial charge in [0, 0.05) is 29.4 Å². The number of hydrogen-bond donors (Lipinski definition) is 1. The molecule has 0 aliphatic carbocycles. The van der Waals surface area contributed by atoms with Gasteiger partial charge in [0.2, 0.25) is 5.91 Å². The number of hydrogen-bond acceptors (Lipinski definition) is 3. The smallest absolute Gasteiger partial charge is 0.220 e. The number of carbonyl (C=O) groups excluding carboxylic acids is 1. The minimum absolute atomic E-state index is 0.0878. The molecule has 0 bridgehead atoms. The van der Waals surface area contributed by atoms with Crippen LogP contribution < -0.4 is 5.32 Å². The maximum absolute atomic E-state index is 12.5. The lowest BCUT2D eigenvalue weighted by Crippen LogP contribution is -2.45. The lowest BCUT2D eigenvalue weighted by atomic mass is 9.81. The predicted octanol–water partition coefficient (Wildman–Crippen LogP) is 3.92. The summed E-state index contributed by atoms with van der Waals surface area (Å²) in [6.45, 7) is 16.8. The monoisotopic (exact) mass is 344 g/mol. The fourth-order valence-electron chi connectivity index (χ4n) is 3.85. The Morgan fingerprint density at radius 2 is 1.80 bits per heavy atom. The van der Waals surface area contributed by atoms with Crippen LogP contribution >= 0.6 is 0 Å². The number of aromatic nitrogens is 3. The molecule has 0 aromatic carbocycles. The molecule has 0 atom stereocenters. The van der Waals surface area contributed by atoms with Gasteiger partial charge in [0.15, 0.2) is 5.65 Å². The molecule has 138 valence electrons. The van der Waals surface area contributed by atoms with E-state index in [1.807, 2.05) is 31.4 Å². The molecule has 2 heterocycles. The third kappa shape index (κ3) is 5.03. The SMILES string of the molecule is Cc1cc2nc(C)c(CCC(=O)NC(C)(C)CC(C)(C)C)c(C)n2n1. The molecular weight excluding hydrogens is 312 g/mol. The van der Waals surface area contributed by atoms with Gasteiger partial charge in [0.05, 0.1) is 5.69 Å². The zero-order valence-corrected chi connectivity index (χ0v) is 16.9. The zero-order valence-electron chi connectivity index (χ0n) is 16.9. The molecule has 0 aliphatic heterocycles. The topological polar surface area (TPSA) is 59.3 Å². The first-order valence-corrected chi connectivity index (χ1v) is 9.01. The van der Waals surface area contributed by atoms with Gasteiger partial charge in [-0.2, -0.15) is 5.10 Å². The predicted molar refractivity (Wildman–Crippen MR) is 102 cm³/mol. The Morgan fingerprint density at radius 1 is 1.16 bits per heavy atom. The summed E-state index contributed by atoms with van der Waals surface area (Å²) in [5.74, 6) is 0.0878. The van der Waals surface area contributed by atoms with Crippen LogP contribution in [0.3, 0.4) is 0 Å². The third-order valence-corrected chi connectivity index (χ3v) is 4.34. The van der Waals surface area contributed by atoms with Crippen molar-refractivity contribution in [3.63, 3.8) is 0 Å². The van der Waals surface area contributed by atoms with Crippen molar-refractivity contribution in [1.82, 2.24) is 19.9 Å². The maximum Gasteiger partial charge on any atom is 0.220 e. The highest BCUT2D eigenvalue weighted by Crippen LogP contribution is 2.27. The number of aryl methyl sites for hydroxylation is 3. The van der Waals surface area contributed by atoms with E-state index in [2.05, 4.69) is 50.0 Å². The van der Waals surface area contributed by atoms with Gasteiger partial charge in [-0.25, -0.2) is 9.50 Å². The Kier molecular flexibility index (Phi) is 5.26. The van der Waals surface area contributed by atoms with Crippen molar-refractivity contribution >= 4 is 11.6 Å². The van der Waals surface area contributed by atoms with E-state index in [1.54, 1.807) is 0 Å². The Bertz CT molecular complexity index is 781. The second-order valence-electron chi connectivity index (χ2n) is 8.99. The Hall–Kier alpha value is -1.91. The van der Waals surface area contributed by atoms with Crippen molar-refractivity contribution in [2.75, 3.05) is 0 Å². The van der Waals surface area contributed by atoms with Gasteiger partial charge in [0.1, 0.15) is 0 Å². The van der Waals surface area contributed by atoms with Crippen molar-refractivity contribution in [3.8, 4) is 0 Å². The maximum atomic E-state index is 12.5. The van der Waals surface area contributed by atoms with E-state index >= 15 is 0 Å². The number of fused-ring (bicyclic) bond motifs is 1. The molecule has 5 heteroatoms. The first-order valence-electron chi connectivity index (χ1n) is 9.01. The molecule has 0 radical (unpaired) electrons. The summed E-state index contributed by atoms with van der Waals surface area (Å²) in [7, 11) is 0. The summed E-state index contributed by atoms with van der Waals surface area (Å²) in [4.78, 5) is 17.1. The van der Waals surface area contributed by atoms with Crippen LogP contribution in [0, 0.1) is 26.2 Å². The molecule has 0 saturated carbocycles. The van der Waals surface area contributed by atoms with E-state index < -0.39 is 0 Å². The Morgan fingerprint density at radius 3 is 2.40 bits per heavy atom. The van der Waals surface area contributed by atoms with Crippen LogP contribution in [0.4, 0.5) is 0 Å². The second-order valence-corrected chi connectivity index (χ2v) is 8.99. The van der Waals surface area contributed by atoms with Crippen molar-refractivity contribution < 1.29 is 4.79 Å². The molecule has 1 N–H and O–H groups in total. The fourth-order valence-corrected chi connectivity index (χ4v) is 3.85. The van der Waals surface area contributed by atoms with E-state index in [-0.39, 0.29) is 16.9 Å². The summed E-state index contributed by atoms with van der Waals surface area (Å²) >= 11 is 0. The van der Waals surface area contributed by atoms with Crippen molar-refractivity contribution in [2.24, 2.45) is 5.41 Å². The standard InChI is InChI=1S/C20H32N4O/c1-13-11-17-21-14(2)16(15(3)24(17)23-13)9-10-18(25)22-20(7,8)12-19(4,5)6/h11H,9-10,12H2,1-8H3,(H,22,25).